The molecule has 6 aromatic rings. The molecule has 4 atom stereocenters. The Morgan fingerprint density at radius 1 is 0.937 bits per heavy atom. The van der Waals surface area contributed by atoms with Crippen molar-refractivity contribution in [2.24, 2.45) is 11.3 Å². The first-order valence-electron chi connectivity index (χ1n) is 26.3. The van der Waals surface area contributed by atoms with Crippen molar-refractivity contribution < 1.29 is 50.6 Å². The molecule has 23 heteroatoms. The van der Waals surface area contributed by atoms with Crippen LogP contribution in [-0.4, -0.2) is 156 Å². The Labute approximate surface area is 459 Å². The number of ether oxygens (including phenoxy) is 1. The summed E-state index contributed by atoms with van der Waals surface area (Å²) in [5.41, 5.74) is 5.06. The van der Waals surface area contributed by atoms with E-state index in [1.54, 1.807) is 23.6 Å². The number of benzene rings is 3. The van der Waals surface area contributed by atoms with Gasteiger partial charge in [-0.3, -0.25) is 28.8 Å². The third-order valence-electron chi connectivity index (χ3n) is 15.2. The lowest BCUT2D eigenvalue weighted by atomic mass is 9.85. The topological polar surface area (TPSA) is 222 Å². The Hall–Kier alpha value is -6.76. The number of ketones is 1. The molecule has 4 fully saturated rings. The summed E-state index contributed by atoms with van der Waals surface area (Å²) in [6.45, 7) is 10.8. The molecule has 10 rings (SSSR count). The summed E-state index contributed by atoms with van der Waals surface area (Å²) in [5, 5.41) is 16.8. The number of halogens is 3. The van der Waals surface area contributed by atoms with Gasteiger partial charge in [-0.15, -0.1) is 11.3 Å². The number of hydrogen-bond donors (Lipinski definition) is 5. The van der Waals surface area contributed by atoms with Gasteiger partial charge < -0.3 is 35.3 Å². The van der Waals surface area contributed by atoms with Gasteiger partial charge in [0.25, 0.3) is 0 Å². The number of aliphatic hydroxyl groups excluding tert-OH is 1. The lowest BCUT2D eigenvalue weighted by Gasteiger charge is -2.42. The van der Waals surface area contributed by atoms with Crippen LogP contribution in [0.2, 0.25) is 0 Å². The second-order valence-corrected chi connectivity index (χ2v) is 24.5. The van der Waals surface area contributed by atoms with Crippen LogP contribution in [-0.2, 0) is 35.9 Å². The fourth-order valence-electron chi connectivity index (χ4n) is 10.6. The van der Waals surface area contributed by atoms with E-state index in [9.17, 15) is 37.1 Å². The van der Waals surface area contributed by atoms with E-state index in [0.29, 0.717) is 55.3 Å². The highest BCUT2D eigenvalue weighted by molar-refractivity contribution is 7.90. The zero-order valence-electron chi connectivity index (χ0n) is 44.2. The summed E-state index contributed by atoms with van der Waals surface area (Å²) in [4.78, 5) is 73.2. The summed E-state index contributed by atoms with van der Waals surface area (Å²) in [6, 6.07) is 17.2. The van der Waals surface area contributed by atoms with Gasteiger partial charge in [0.1, 0.15) is 29.7 Å². The zero-order chi connectivity index (χ0) is 55.9. The number of carbonyl (C=O) groups is 4. The van der Waals surface area contributed by atoms with Crippen molar-refractivity contribution in [3.05, 3.63) is 119 Å². The fourth-order valence-corrected chi connectivity index (χ4v) is 12.7. The maximum Gasteiger partial charge on any atom is 0.301 e. The number of carbonyl (C=O) groups excluding carboxylic acids is 4. The highest BCUT2D eigenvalue weighted by Crippen LogP contribution is 2.34. The minimum atomic E-state index is -4.37. The smallest absolute Gasteiger partial charge is 0.301 e. The van der Waals surface area contributed by atoms with Gasteiger partial charge in [0.05, 0.1) is 46.1 Å². The number of hydrogen-bond acceptors (Lipinski definition) is 13. The lowest BCUT2D eigenvalue weighted by molar-refractivity contribution is -0.144. The van der Waals surface area contributed by atoms with Gasteiger partial charge in [0, 0.05) is 100.0 Å². The molecule has 79 heavy (non-hydrogen) atoms. The van der Waals surface area contributed by atoms with Gasteiger partial charge >= 0.3 is 10.2 Å². The lowest BCUT2D eigenvalue weighted by Crippen LogP contribution is -2.59. The van der Waals surface area contributed by atoms with Gasteiger partial charge in [-0.2, -0.15) is 12.7 Å². The van der Waals surface area contributed by atoms with Gasteiger partial charge in [0.2, 0.25) is 23.5 Å². The number of pyridine rings is 1. The number of aromatic amines is 1. The number of nitrogens with one attached hydrogen (secondary N) is 4. The van der Waals surface area contributed by atoms with E-state index < -0.39 is 81.1 Å². The maximum absolute atomic E-state index is 15.8. The molecule has 4 aliphatic rings. The average molecular weight is 1130 g/mol. The number of likely N-dealkylation sites (tertiary alicyclic amines) is 2. The van der Waals surface area contributed by atoms with Crippen molar-refractivity contribution in [3.8, 4) is 21.6 Å². The average Bonchev–Trinajstić information content (AvgIpc) is 4.36. The summed E-state index contributed by atoms with van der Waals surface area (Å²) >= 11 is 1.57. The van der Waals surface area contributed by atoms with Crippen LogP contribution in [0.3, 0.4) is 0 Å². The van der Waals surface area contributed by atoms with E-state index in [-0.39, 0.29) is 62.5 Å². The number of rotatable bonds is 19. The summed E-state index contributed by atoms with van der Waals surface area (Å²) in [7, 11) is -4.37. The van der Waals surface area contributed by atoms with E-state index in [4.69, 9.17) is 4.74 Å². The third kappa shape index (κ3) is 12.2. The van der Waals surface area contributed by atoms with Crippen molar-refractivity contribution in [1.82, 2.24) is 39.7 Å². The minimum Gasteiger partial charge on any atom is -0.391 e. The third-order valence-corrected chi connectivity index (χ3v) is 17.6. The van der Waals surface area contributed by atoms with Crippen molar-refractivity contribution in [1.29, 1.82) is 0 Å². The number of aliphatic hydroxyl groups is 1. The van der Waals surface area contributed by atoms with Crippen LogP contribution in [0.4, 0.5) is 24.5 Å². The van der Waals surface area contributed by atoms with Crippen LogP contribution in [0.25, 0.3) is 32.6 Å². The SMILES string of the molecule is Cc1ncsc1-c1ccc(CNC(=O)[C@@H]2C[C@@H](O)CN2C(=O)[C@@H](NC(=O)CN2CC(CCOC3CN(c4ccc(-c5cnc6[nH]cc(C(=O)c7c(F)ccc(NS(=O)(=O)N8CC[C@@H](F)C8)c7F)c6c5)cc4)C3)C2)C(C)(C)C)cc1. The Morgan fingerprint density at radius 3 is 2.35 bits per heavy atom. The van der Waals surface area contributed by atoms with E-state index in [2.05, 4.69) is 30.5 Å². The predicted molar refractivity (Wildman–Crippen MR) is 293 cm³/mol. The number of H-pyrrole nitrogens is 1. The Kier molecular flexibility index (Phi) is 16.0. The molecule has 4 aliphatic heterocycles. The van der Waals surface area contributed by atoms with Crippen molar-refractivity contribution >= 4 is 67.5 Å². The number of aryl methyl sites for hydroxylation is 1. The zero-order valence-corrected chi connectivity index (χ0v) is 45.8. The van der Waals surface area contributed by atoms with E-state index in [1.165, 1.54) is 11.1 Å². The van der Waals surface area contributed by atoms with Crippen LogP contribution >= 0.6 is 11.3 Å². The van der Waals surface area contributed by atoms with Crippen molar-refractivity contribution in [2.45, 2.75) is 84.0 Å². The summed E-state index contributed by atoms with van der Waals surface area (Å²) in [5.74, 6) is -4.32. The molecule has 0 spiro atoms. The monoisotopic (exact) mass is 1120 g/mol. The second kappa shape index (κ2) is 22.8. The molecule has 18 nitrogen and oxygen atoms in total. The fraction of sp³-hybridized carbons (Fsp3) is 0.429. The first kappa shape index (κ1) is 55.6. The first-order chi connectivity index (χ1) is 37.7. The first-order valence-corrected chi connectivity index (χ1v) is 28.7. The van der Waals surface area contributed by atoms with Gasteiger partial charge in [-0.25, -0.2) is 23.1 Å². The number of thiazole rings is 1. The van der Waals surface area contributed by atoms with E-state index in [1.807, 2.05) is 91.4 Å². The molecule has 0 aliphatic carbocycles. The quantitative estimate of drug-likeness (QED) is 0.0572. The molecule has 3 aromatic carbocycles. The normalized spacial score (nSPS) is 19.8. The highest BCUT2D eigenvalue weighted by Gasteiger charge is 2.45. The molecule has 3 aromatic heterocycles. The van der Waals surface area contributed by atoms with Gasteiger partial charge in [0.15, 0.2) is 5.82 Å². The predicted octanol–water partition coefficient (Wildman–Crippen LogP) is 6.21. The Balaban J connectivity index is 0.656. The second-order valence-electron chi connectivity index (χ2n) is 22.0. The number of anilines is 2. The number of fused-ring (bicyclic) bond motifs is 1. The Morgan fingerprint density at radius 2 is 1.67 bits per heavy atom. The van der Waals surface area contributed by atoms with Crippen LogP contribution in [0.1, 0.15) is 67.2 Å². The molecule has 4 saturated heterocycles. The Bertz CT molecular complexity index is 3360. The van der Waals surface area contributed by atoms with E-state index >= 15 is 8.78 Å². The largest absolute Gasteiger partial charge is 0.391 e. The van der Waals surface area contributed by atoms with Crippen LogP contribution in [0, 0.1) is 29.9 Å². The molecule has 0 saturated carbocycles. The molecule has 0 bridgehead atoms. The van der Waals surface area contributed by atoms with E-state index in [0.717, 1.165) is 55.8 Å². The summed E-state index contributed by atoms with van der Waals surface area (Å²) < 4.78 is 79.4. The van der Waals surface area contributed by atoms with Gasteiger partial charge in [-0.1, -0.05) is 57.2 Å². The molecule has 418 valence electrons. The molecule has 3 amide bonds. The molecule has 7 heterocycles. The molecular weight excluding hydrogens is 1060 g/mol. The standard InChI is InChI=1S/C56H63F3N10O8S2/c1-32-51(78-31-63-32)36-7-5-33(6-8-36)21-62-54(73)46-20-40(70)27-69(46)55(74)52(56(2,3)4)64-47(71)30-66-24-34(25-66)16-18-77-41-28-67(29-41)39-11-9-35(10-12-39)37-19-42-43(23-61-53(42)60-22-37)50(72)48-44(58)13-14-45(49(48)59)65-79(75,76)68-17-15-38(57)26-68/h5-14,19,22-23,31,34,38,40-41,46,52,65,70H,15-18,20-21,24-30H2,1-4H3,(H,60,61)(H,62,73)(H,64,71)/t38-,40-,46+,52-/m1/s1. The van der Waals surface area contributed by atoms with Crippen molar-refractivity contribution in [2.75, 3.05) is 68.6 Å². The maximum atomic E-state index is 15.8. The number of nitrogens with zero attached hydrogens (tertiary/aromatic N) is 6. The number of aromatic nitrogens is 3. The summed E-state index contributed by atoms with van der Waals surface area (Å²) in [6.07, 6.45) is 1.65. The highest BCUT2D eigenvalue weighted by atomic mass is 32.2. The number of amides is 3. The molecule has 0 radical (unpaired) electrons. The molecule has 0 unspecified atom stereocenters. The minimum absolute atomic E-state index is 0.00792. The molecular formula is C56H63F3N10O8S2. The van der Waals surface area contributed by atoms with Crippen LogP contribution in [0.15, 0.2) is 84.6 Å². The number of β-amino-alcohol motifs (C(OH)–C–C–N with tert-alkyl or cyclic N) is 1. The number of alkyl halides is 1. The van der Waals surface area contributed by atoms with Gasteiger partial charge in [-0.05, 0) is 78.1 Å². The van der Waals surface area contributed by atoms with Crippen molar-refractivity contribution in [3.63, 3.8) is 0 Å². The molecule has 5 N–H and O–H groups in total. The van der Waals surface area contributed by atoms with Crippen LogP contribution in [0.5, 0.6) is 0 Å². The van der Waals surface area contributed by atoms with Crippen LogP contribution < -0.4 is 20.3 Å².